The first kappa shape index (κ1) is 15.3. The summed E-state index contributed by atoms with van der Waals surface area (Å²) in [4.78, 5) is 28.7. The number of furan rings is 1. The van der Waals surface area contributed by atoms with Gasteiger partial charge in [-0.3, -0.25) is 9.59 Å². The van der Waals surface area contributed by atoms with Crippen molar-refractivity contribution in [2.45, 2.75) is 0 Å². The second-order valence-electron chi connectivity index (χ2n) is 4.63. The number of carbonyl (C=O) groups is 1. The van der Waals surface area contributed by atoms with Crippen LogP contribution < -0.4 is 10.9 Å². The van der Waals surface area contributed by atoms with Gasteiger partial charge in [0.15, 0.2) is 0 Å². The molecule has 0 aliphatic carbocycles. The lowest BCUT2D eigenvalue weighted by atomic mass is 10.2. The molecule has 0 unspecified atom stereocenters. The van der Waals surface area contributed by atoms with E-state index in [4.69, 9.17) is 4.42 Å². The zero-order valence-corrected chi connectivity index (χ0v) is 12.1. The largest absolute Gasteiger partial charge is 0.463 e. The highest BCUT2D eigenvalue weighted by Crippen LogP contribution is 2.16. The fraction of sp³-hybridized carbons (Fsp3) is 0.286. The van der Waals surface area contributed by atoms with E-state index in [1.807, 2.05) is 0 Å². The molecule has 7 heteroatoms. The van der Waals surface area contributed by atoms with Crippen molar-refractivity contribution in [3.8, 4) is 11.5 Å². The summed E-state index contributed by atoms with van der Waals surface area (Å²) >= 11 is 0. The molecule has 1 fully saturated rings. The lowest BCUT2D eigenvalue weighted by Crippen LogP contribution is -2.47. The monoisotopic (exact) mass is 309 g/mol. The number of H-pyrrole nitrogens is 1. The first-order valence-electron chi connectivity index (χ1n) is 6.53. The first-order chi connectivity index (χ1) is 9.75. The molecule has 1 saturated heterocycles. The van der Waals surface area contributed by atoms with Crippen molar-refractivity contribution in [2.24, 2.45) is 0 Å². The SMILES string of the molecule is Cl.O=C(c1ccc(-c2ccco2)[nH]c1=O)N1CCNCC1. The van der Waals surface area contributed by atoms with Crippen LogP contribution in [0.1, 0.15) is 10.4 Å². The van der Waals surface area contributed by atoms with Gasteiger partial charge in [0, 0.05) is 26.2 Å². The number of halogens is 1. The van der Waals surface area contributed by atoms with Gasteiger partial charge in [-0.25, -0.2) is 0 Å². The van der Waals surface area contributed by atoms with E-state index < -0.39 is 0 Å². The summed E-state index contributed by atoms with van der Waals surface area (Å²) in [5, 5.41) is 3.17. The maximum atomic E-state index is 12.3. The third-order valence-corrected chi connectivity index (χ3v) is 3.33. The quantitative estimate of drug-likeness (QED) is 0.871. The Bertz CT molecular complexity index is 660. The van der Waals surface area contributed by atoms with E-state index in [1.54, 1.807) is 29.2 Å². The minimum atomic E-state index is -0.387. The number of piperazine rings is 1. The number of aromatic nitrogens is 1. The van der Waals surface area contributed by atoms with Crippen molar-refractivity contribution < 1.29 is 9.21 Å². The Balaban J connectivity index is 0.00000161. The molecule has 21 heavy (non-hydrogen) atoms. The smallest absolute Gasteiger partial charge is 0.261 e. The zero-order valence-electron chi connectivity index (χ0n) is 11.3. The van der Waals surface area contributed by atoms with Crippen molar-refractivity contribution in [1.82, 2.24) is 15.2 Å². The summed E-state index contributed by atoms with van der Waals surface area (Å²) in [6.45, 7) is 2.76. The van der Waals surface area contributed by atoms with E-state index >= 15 is 0 Å². The lowest BCUT2D eigenvalue weighted by molar-refractivity contribution is 0.0734. The minimum Gasteiger partial charge on any atom is -0.463 e. The lowest BCUT2D eigenvalue weighted by Gasteiger charge is -2.27. The summed E-state index contributed by atoms with van der Waals surface area (Å²) in [5.41, 5.74) is 0.349. The van der Waals surface area contributed by atoms with Crippen molar-refractivity contribution in [2.75, 3.05) is 26.2 Å². The molecule has 112 valence electrons. The third kappa shape index (κ3) is 3.17. The van der Waals surface area contributed by atoms with Crippen molar-refractivity contribution >= 4 is 18.3 Å². The molecule has 3 heterocycles. The number of nitrogens with zero attached hydrogens (tertiary/aromatic N) is 1. The van der Waals surface area contributed by atoms with Gasteiger partial charge in [0.1, 0.15) is 11.3 Å². The van der Waals surface area contributed by atoms with E-state index in [-0.39, 0.29) is 29.4 Å². The predicted octanol–water partition coefficient (Wildman–Crippen LogP) is 1.10. The number of pyridine rings is 1. The summed E-state index contributed by atoms with van der Waals surface area (Å²) < 4.78 is 5.22. The summed E-state index contributed by atoms with van der Waals surface area (Å²) in [6, 6.07) is 6.74. The van der Waals surface area contributed by atoms with E-state index in [1.165, 1.54) is 6.26 Å². The highest BCUT2D eigenvalue weighted by Gasteiger charge is 2.20. The van der Waals surface area contributed by atoms with Crippen LogP contribution in [0.3, 0.4) is 0 Å². The van der Waals surface area contributed by atoms with Crippen LogP contribution >= 0.6 is 12.4 Å². The van der Waals surface area contributed by atoms with E-state index in [2.05, 4.69) is 10.3 Å². The van der Waals surface area contributed by atoms with Crippen molar-refractivity contribution in [1.29, 1.82) is 0 Å². The number of hydrogen-bond donors (Lipinski definition) is 2. The second kappa shape index (κ2) is 6.60. The van der Waals surface area contributed by atoms with Gasteiger partial charge in [-0.1, -0.05) is 0 Å². The number of carbonyl (C=O) groups excluding carboxylic acids is 1. The molecule has 1 amide bonds. The zero-order chi connectivity index (χ0) is 13.9. The number of rotatable bonds is 2. The molecule has 0 aromatic carbocycles. The standard InChI is InChI=1S/C14H15N3O3.ClH/c18-13-10(14(19)17-7-5-15-6-8-17)3-4-11(16-13)12-2-1-9-20-12;/h1-4,9,15H,5-8H2,(H,16,18);1H. The Morgan fingerprint density at radius 3 is 2.57 bits per heavy atom. The Morgan fingerprint density at radius 1 is 1.19 bits per heavy atom. The molecule has 1 aliphatic rings. The van der Waals surface area contributed by atoms with Gasteiger partial charge in [-0.05, 0) is 24.3 Å². The van der Waals surface area contributed by atoms with Crippen LogP contribution in [-0.2, 0) is 0 Å². The van der Waals surface area contributed by atoms with Gasteiger partial charge < -0.3 is 19.6 Å². The van der Waals surface area contributed by atoms with Gasteiger partial charge in [-0.15, -0.1) is 12.4 Å². The summed E-state index contributed by atoms with van der Waals surface area (Å²) in [6.07, 6.45) is 1.54. The number of aromatic amines is 1. The molecular weight excluding hydrogens is 294 g/mol. The highest BCUT2D eigenvalue weighted by molar-refractivity contribution is 5.94. The predicted molar refractivity (Wildman–Crippen MR) is 80.8 cm³/mol. The average molecular weight is 310 g/mol. The Kier molecular flexibility index (Phi) is 4.82. The molecule has 2 aromatic rings. The van der Waals surface area contributed by atoms with Gasteiger partial charge in [-0.2, -0.15) is 0 Å². The van der Waals surface area contributed by atoms with Gasteiger partial charge in [0.05, 0.1) is 12.0 Å². The Hall–Kier alpha value is -2.05. The van der Waals surface area contributed by atoms with Gasteiger partial charge in [0.25, 0.3) is 11.5 Å². The van der Waals surface area contributed by atoms with Crippen LogP contribution in [0.25, 0.3) is 11.5 Å². The molecule has 0 spiro atoms. The highest BCUT2D eigenvalue weighted by atomic mass is 35.5. The van der Waals surface area contributed by atoms with Crippen molar-refractivity contribution in [3.05, 3.63) is 46.4 Å². The Labute approximate surface area is 127 Å². The Morgan fingerprint density at radius 2 is 1.95 bits per heavy atom. The molecule has 0 saturated carbocycles. The molecule has 3 rings (SSSR count). The van der Waals surface area contributed by atoms with Crippen LogP contribution in [0.5, 0.6) is 0 Å². The maximum Gasteiger partial charge on any atom is 0.261 e. The van der Waals surface area contributed by atoms with E-state index in [0.717, 1.165) is 13.1 Å². The number of nitrogens with one attached hydrogen (secondary N) is 2. The van der Waals surface area contributed by atoms with Gasteiger partial charge >= 0.3 is 0 Å². The molecule has 2 aromatic heterocycles. The number of amides is 1. The molecule has 0 radical (unpaired) electrons. The van der Waals surface area contributed by atoms with Gasteiger partial charge in [0.2, 0.25) is 0 Å². The molecule has 1 aliphatic heterocycles. The summed E-state index contributed by atoms with van der Waals surface area (Å²) in [7, 11) is 0. The summed E-state index contributed by atoms with van der Waals surface area (Å²) in [5.74, 6) is 0.349. The van der Waals surface area contributed by atoms with Crippen molar-refractivity contribution in [3.63, 3.8) is 0 Å². The van der Waals surface area contributed by atoms with E-state index in [0.29, 0.717) is 24.5 Å². The molecule has 0 bridgehead atoms. The minimum absolute atomic E-state index is 0. The molecule has 6 nitrogen and oxygen atoms in total. The number of hydrogen-bond acceptors (Lipinski definition) is 4. The van der Waals surface area contributed by atoms with Crippen LogP contribution in [0.15, 0.2) is 39.7 Å². The second-order valence-corrected chi connectivity index (χ2v) is 4.63. The van der Waals surface area contributed by atoms with E-state index in [9.17, 15) is 9.59 Å². The fourth-order valence-corrected chi connectivity index (χ4v) is 2.26. The topological polar surface area (TPSA) is 78.3 Å². The first-order valence-corrected chi connectivity index (χ1v) is 6.53. The molecular formula is C14H16ClN3O3. The van der Waals surface area contributed by atoms with Crippen LogP contribution in [0.2, 0.25) is 0 Å². The third-order valence-electron chi connectivity index (χ3n) is 3.33. The fourth-order valence-electron chi connectivity index (χ4n) is 2.26. The average Bonchev–Trinajstić information content (AvgIpc) is 3.01. The molecule has 0 atom stereocenters. The normalized spacial score (nSPS) is 14.6. The van der Waals surface area contributed by atoms with Crippen LogP contribution in [0.4, 0.5) is 0 Å². The maximum absolute atomic E-state index is 12.3. The van der Waals surface area contributed by atoms with Crippen LogP contribution in [0, 0.1) is 0 Å². The van der Waals surface area contributed by atoms with Crippen LogP contribution in [-0.4, -0.2) is 42.0 Å². The molecule has 2 N–H and O–H groups in total.